The van der Waals surface area contributed by atoms with Gasteiger partial charge in [-0.2, -0.15) is 0 Å². The molecule has 0 bridgehead atoms. The molecule has 2 heteroatoms. The molecule has 2 rings (SSSR count). The maximum Gasteiger partial charge on any atom is 0.0278 e. The van der Waals surface area contributed by atoms with Gasteiger partial charge in [0.15, 0.2) is 0 Å². The van der Waals surface area contributed by atoms with E-state index in [2.05, 4.69) is 44.8 Å². The number of nitrogens with one attached hydrogen (secondary N) is 1. The SMILES string of the molecule is CCCC1CC1N1CC(C)(CC)NCC1C(C)C. The van der Waals surface area contributed by atoms with E-state index in [1.165, 1.54) is 38.8 Å². The lowest BCUT2D eigenvalue weighted by atomic mass is 9.89. The van der Waals surface area contributed by atoms with Gasteiger partial charge in [-0.15, -0.1) is 0 Å². The van der Waals surface area contributed by atoms with Crippen LogP contribution >= 0.6 is 0 Å². The lowest BCUT2D eigenvalue weighted by Gasteiger charge is -2.48. The van der Waals surface area contributed by atoms with Crippen LogP contribution in [0.5, 0.6) is 0 Å². The van der Waals surface area contributed by atoms with E-state index in [9.17, 15) is 0 Å². The van der Waals surface area contributed by atoms with Crippen molar-refractivity contribution in [2.45, 2.75) is 77.9 Å². The summed E-state index contributed by atoms with van der Waals surface area (Å²) in [5.74, 6) is 1.76. The van der Waals surface area contributed by atoms with Crippen LogP contribution in [0.4, 0.5) is 0 Å². The van der Waals surface area contributed by atoms with Crippen LogP contribution in [0.25, 0.3) is 0 Å². The number of hydrogen-bond acceptors (Lipinski definition) is 2. The van der Waals surface area contributed by atoms with E-state index in [1.807, 2.05) is 0 Å². The minimum atomic E-state index is 0.338. The first-order valence-electron chi connectivity index (χ1n) is 8.01. The fourth-order valence-electron chi connectivity index (χ4n) is 3.58. The molecule has 1 aliphatic carbocycles. The minimum Gasteiger partial charge on any atom is -0.309 e. The predicted octanol–water partition coefficient (Wildman–Crippen LogP) is 3.27. The lowest BCUT2D eigenvalue weighted by molar-refractivity contribution is 0.0489. The van der Waals surface area contributed by atoms with Gasteiger partial charge in [-0.25, -0.2) is 0 Å². The van der Waals surface area contributed by atoms with Crippen molar-refractivity contribution in [3.63, 3.8) is 0 Å². The molecular formula is C16H32N2. The van der Waals surface area contributed by atoms with E-state index in [4.69, 9.17) is 0 Å². The van der Waals surface area contributed by atoms with Crippen molar-refractivity contribution in [3.05, 3.63) is 0 Å². The van der Waals surface area contributed by atoms with Gasteiger partial charge in [0.2, 0.25) is 0 Å². The third-order valence-electron chi connectivity index (χ3n) is 5.22. The molecule has 2 aliphatic rings. The molecule has 0 aromatic carbocycles. The molecule has 1 saturated carbocycles. The molecule has 1 heterocycles. The van der Waals surface area contributed by atoms with Gasteiger partial charge >= 0.3 is 0 Å². The Morgan fingerprint density at radius 3 is 2.61 bits per heavy atom. The van der Waals surface area contributed by atoms with Crippen molar-refractivity contribution < 1.29 is 0 Å². The average Bonchev–Trinajstić information content (AvgIpc) is 3.08. The van der Waals surface area contributed by atoms with Crippen LogP contribution in [0, 0.1) is 11.8 Å². The van der Waals surface area contributed by atoms with E-state index in [1.54, 1.807) is 0 Å². The monoisotopic (exact) mass is 252 g/mol. The second-order valence-electron chi connectivity index (χ2n) is 7.13. The van der Waals surface area contributed by atoms with E-state index in [-0.39, 0.29) is 0 Å². The molecule has 1 saturated heterocycles. The van der Waals surface area contributed by atoms with Crippen molar-refractivity contribution in [1.29, 1.82) is 0 Å². The first-order chi connectivity index (χ1) is 8.50. The molecule has 18 heavy (non-hydrogen) atoms. The molecule has 0 aromatic heterocycles. The number of nitrogens with zero attached hydrogens (tertiary/aromatic N) is 1. The van der Waals surface area contributed by atoms with E-state index < -0.39 is 0 Å². The largest absolute Gasteiger partial charge is 0.309 e. The summed E-state index contributed by atoms with van der Waals surface area (Å²) in [6, 6.07) is 1.64. The summed E-state index contributed by atoms with van der Waals surface area (Å²) in [5, 5.41) is 3.79. The standard InChI is InChI=1S/C16H32N2/c1-6-8-13-9-14(13)18-11-16(5,7-2)17-10-15(18)12(3)4/h12-15,17H,6-11H2,1-5H3. The second-order valence-corrected chi connectivity index (χ2v) is 7.13. The summed E-state index contributed by atoms with van der Waals surface area (Å²) >= 11 is 0. The molecule has 0 spiro atoms. The number of piperazine rings is 1. The molecule has 1 N–H and O–H groups in total. The third-order valence-corrected chi connectivity index (χ3v) is 5.22. The Hall–Kier alpha value is -0.0800. The van der Waals surface area contributed by atoms with Gasteiger partial charge in [0, 0.05) is 30.7 Å². The fraction of sp³-hybridized carbons (Fsp3) is 1.00. The van der Waals surface area contributed by atoms with Gasteiger partial charge < -0.3 is 5.32 Å². The van der Waals surface area contributed by atoms with Crippen LogP contribution in [0.1, 0.15) is 60.3 Å². The second kappa shape index (κ2) is 5.50. The number of rotatable bonds is 5. The van der Waals surface area contributed by atoms with Crippen molar-refractivity contribution in [2.24, 2.45) is 11.8 Å². The van der Waals surface area contributed by atoms with Gasteiger partial charge in [0.1, 0.15) is 0 Å². The van der Waals surface area contributed by atoms with Crippen LogP contribution in [0.2, 0.25) is 0 Å². The summed E-state index contributed by atoms with van der Waals surface area (Å²) in [6.45, 7) is 14.2. The summed E-state index contributed by atoms with van der Waals surface area (Å²) in [6.07, 6.45) is 5.48. The zero-order valence-corrected chi connectivity index (χ0v) is 13.0. The zero-order valence-electron chi connectivity index (χ0n) is 13.0. The molecule has 4 unspecified atom stereocenters. The maximum atomic E-state index is 3.79. The predicted molar refractivity (Wildman–Crippen MR) is 78.8 cm³/mol. The molecular weight excluding hydrogens is 220 g/mol. The highest BCUT2D eigenvalue weighted by Crippen LogP contribution is 2.42. The molecule has 2 nitrogen and oxygen atoms in total. The Bertz CT molecular complexity index is 276. The summed E-state index contributed by atoms with van der Waals surface area (Å²) in [7, 11) is 0. The Morgan fingerprint density at radius 2 is 2.06 bits per heavy atom. The Labute approximate surface area is 114 Å². The summed E-state index contributed by atoms with van der Waals surface area (Å²) in [5.41, 5.74) is 0.338. The highest BCUT2D eigenvalue weighted by atomic mass is 15.3. The van der Waals surface area contributed by atoms with Crippen molar-refractivity contribution >= 4 is 0 Å². The quantitative estimate of drug-likeness (QED) is 0.808. The van der Waals surface area contributed by atoms with Gasteiger partial charge in [-0.3, -0.25) is 4.90 Å². The first-order valence-corrected chi connectivity index (χ1v) is 8.01. The first kappa shape index (κ1) is 14.3. The molecule has 1 aliphatic heterocycles. The number of hydrogen-bond donors (Lipinski definition) is 1. The molecule has 0 aromatic rings. The normalized spacial score (nSPS) is 41.3. The van der Waals surface area contributed by atoms with Crippen molar-refractivity contribution in [1.82, 2.24) is 10.2 Å². The average molecular weight is 252 g/mol. The van der Waals surface area contributed by atoms with Gasteiger partial charge in [0.25, 0.3) is 0 Å². The van der Waals surface area contributed by atoms with E-state index in [0.29, 0.717) is 5.54 Å². The Kier molecular flexibility index (Phi) is 4.38. The molecule has 106 valence electrons. The van der Waals surface area contributed by atoms with Gasteiger partial charge in [0.05, 0.1) is 0 Å². The van der Waals surface area contributed by atoms with Crippen LogP contribution in [-0.4, -0.2) is 35.6 Å². The third kappa shape index (κ3) is 2.91. The fourth-order valence-corrected chi connectivity index (χ4v) is 3.58. The lowest BCUT2D eigenvalue weighted by Crippen LogP contribution is -2.64. The van der Waals surface area contributed by atoms with Gasteiger partial charge in [-0.05, 0) is 38.0 Å². The molecule has 4 atom stereocenters. The maximum absolute atomic E-state index is 3.79. The molecule has 2 fully saturated rings. The van der Waals surface area contributed by atoms with E-state index >= 15 is 0 Å². The van der Waals surface area contributed by atoms with Crippen molar-refractivity contribution in [2.75, 3.05) is 13.1 Å². The van der Waals surface area contributed by atoms with Crippen molar-refractivity contribution in [3.8, 4) is 0 Å². The molecule has 0 amide bonds. The topological polar surface area (TPSA) is 15.3 Å². The van der Waals surface area contributed by atoms with Crippen LogP contribution in [0.3, 0.4) is 0 Å². The van der Waals surface area contributed by atoms with Crippen LogP contribution in [0.15, 0.2) is 0 Å². The van der Waals surface area contributed by atoms with Gasteiger partial charge in [-0.1, -0.05) is 34.1 Å². The summed E-state index contributed by atoms with van der Waals surface area (Å²) < 4.78 is 0. The van der Waals surface area contributed by atoms with E-state index in [0.717, 1.165) is 23.9 Å². The summed E-state index contributed by atoms with van der Waals surface area (Å²) in [4.78, 5) is 2.85. The minimum absolute atomic E-state index is 0.338. The van der Waals surface area contributed by atoms with Crippen LogP contribution in [-0.2, 0) is 0 Å². The molecule has 0 radical (unpaired) electrons. The van der Waals surface area contributed by atoms with Crippen LogP contribution < -0.4 is 5.32 Å². The Balaban J connectivity index is 2.02. The Morgan fingerprint density at radius 1 is 1.33 bits per heavy atom. The highest BCUT2D eigenvalue weighted by Gasteiger charge is 2.47. The highest BCUT2D eigenvalue weighted by molar-refractivity contribution is 5.04. The zero-order chi connectivity index (χ0) is 13.3. The smallest absolute Gasteiger partial charge is 0.0278 e.